The number of nitrogens with zero attached hydrogens (tertiary/aromatic N) is 2. The Morgan fingerprint density at radius 2 is 1.81 bits per heavy atom. The number of hydrogen-bond acceptors (Lipinski definition) is 3. The predicted molar refractivity (Wildman–Crippen MR) is 109 cm³/mol. The first kappa shape index (κ1) is 18.6. The zero-order valence-electron chi connectivity index (χ0n) is 15.9. The van der Waals surface area contributed by atoms with Gasteiger partial charge in [0.2, 0.25) is 0 Å². The molecule has 0 spiro atoms. The molecular weight excluding hydrogens is 336 g/mol. The second-order valence-corrected chi connectivity index (χ2v) is 6.97. The van der Waals surface area contributed by atoms with E-state index in [9.17, 15) is 4.79 Å². The average Bonchev–Trinajstić information content (AvgIpc) is 3.17. The highest BCUT2D eigenvalue weighted by Crippen LogP contribution is 2.19. The first-order valence-corrected chi connectivity index (χ1v) is 9.07. The van der Waals surface area contributed by atoms with E-state index in [0.717, 1.165) is 29.0 Å². The van der Waals surface area contributed by atoms with E-state index >= 15 is 0 Å². The molecule has 2 N–H and O–H groups in total. The molecule has 0 saturated carbocycles. The van der Waals surface area contributed by atoms with E-state index in [1.807, 2.05) is 49.4 Å². The molecule has 0 bridgehead atoms. The van der Waals surface area contributed by atoms with Crippen LogP contribution in [0, 0.1) is 5.92 Å². The lowest BCUT2D eigenvalue weighted by Gasteiger charge is -2.05. The molecule has 3 rings (SSSR count). The summed E-state index contributed by atoms with van der Waals surface area (Å²) in [6, 6.07) is 19.7. The van der Waals surface area contributed by atoms with E-state index in [0.29, 0.717) is 11.6 Å². The van der Waals surface area contributed by atoms with Gasteiger partial charge in [-0.3, -0.25) is 9.89 Å². The molecule has 1 heterocycles. The highest BCUT2D eigenvalue weighted by molar-refractivity contribution is 6.00. The minimum absolute atomic E-state index is 0.319. The molecular formula is C22H24N4O. The lowest BCUT2D eigenvalue weighted by Crippen LogP contribution is -2.19. The summed E-state index contributed by atoms with van der Waals surface area (Å²) in [5.74, 6) is 0.303. The van der Waals surface area contributed by atoms with Crippen molar-refractivity contribution in [2.24, 2.45) is 11.0 Å². The first-order valence-electron chi connectivity index (χ1n) is 9.07. The summed E-state index contributed by atoms with van der Waals surface area (Å²) in [5.41, 5.74) is 7.66. The topological polar surface area (TPSA) is 70.1 Å². The molecule has 1 aromatic heterocycles. The molecule has 0 saturated heterocycles. The van der Waals surface area contributed by atoms with E-state index < -0.39 is 0 Å². The van der Waals surface area contributed by atoms with E-state index in [1.54, 1.807) is 6.07 Å². The fraction of sp³-hybridized carbons (Fsp3) is 0.227. The fourth-order valence-electron chi connectivity index (χ4n) is 2.81. The monoisotopic (exact) mass is 360 g/mol. The molecule has 5 nitrogen and oxygen atoms in total. The Morgan fingerprint density at radius 3 is 2.48 bits per heavy atom. The van der Waals surface area contributed by atoms with E-state index in [1.165, 1.54) is 5.56 Å². The van der Waals surface area contributed by atoms with Crippen LogP contribution in [-0.4, -0.2) is 21.8 Å². The maximum absolute atomic E-state index is 12.3. The summed E-state index contributed by atoms with van der Waals surface area (Å²) in [4.78, 5) is 12.3. The number of H-pyrrole nitrogens is 1. The van der Waals surface area contributed by atoms with Gasteiger partial charge in [-0.15, -0.1) is 0 Å². The number of benzene rings is 2. The predicted octanol–water partition coefficient (Wildman–Crippen LogP) is 4.43. The van der Waals surface area contributed by atoms with Crippen molar-refractivity contribution in [2.75, 3.05) is 0 Å². The van der Waals surface area contributed by atoms with Gasteiger partial charge in [-0.25, -0.2) is 5.43 Å². The van der Waals surface area contributed by atoms with Gasteiger partial charge in [0.25, 0.3) is 5.91 Å². The van der Waals surface area contributed by atoms with Crippen LogP contribution in [0.25, 0.3) is 11.3 Å². The van der Waals surface area contributed by atoms with Crippen LogP contribution >= 0.6 is 0 Å². The Labute approximate surface area is 159 Å². The lowest BCUT2D eigenvalue weighted by molar-refractivity contribution is 0.0950. The molecule has 0 radical (unpaired) electrons. The average molecular weight is 360 g/mol. The van der Waals surface area contributed by atoms with Crippen LogP contribution in [0.3, 0.4) is 0 Å². The largest absolute Gasteiger partial charge is 0.289 e. The van der Waals surface area contributed by atoms with Crippen molar-refractivity contribution in [1.82, 2.24) is 15.6 Å². The van der Waals surface area contributed by atoms with Gasteiger partial charge in [0, 0.05) is 5.56 Å². The summed E-state index contributed by atoms with van der Waals surface area (Å²) in [6.07, 6.45) is 1.05. The Balaban J connectivity index is 1.67. The summed E-state index contributed by atoms with van der Waals surface area (Å²) < 4.78 is 0. The molecule has 2 aromatic carbocycles. The first-order chi connectivity index (χ1) is 13.0. The molecule has 0 atom stereocenters. The fourth-order valence-corrected chi connectivity index (χ4v) is 2.81. The molecule has 0 aliphatic rings. The van der Waals surface area contributed by atoms with E-state index in [-0.39, 0.29) is 5.91 Å². The van der Waals surface area contributed by atoms with Gasteiger partial charge in [0.05, 0.1) is 11.4 Å². The van der Waals surface area contributed by atoms with Crippen LogP contribution in [-0.2, 0) is 6.42 Å². The highest BCUT2D eigenvalue weighted by Gasteiger charge is 2.11. The van der Waals surface area contributed by atoms with Crippen LogP contribution in [0.5, 0.6) is 0 Å². The number of rotatable bonds is 6. The Morgan fingerprint density at radius 1 is 1.11 bits per heavy atom. The second kappa shape index (κ2) is 8.45. The van der Waals surface area contributed by atoms with Gasteiger partial charge in [-0.05, 0) is 36.5 Å². The van der Waals surface area contributed by atoms with Gasteiger partial charge in [-0.2, -0.15) is 10.2 Å². The maximum atomic E-state index is 12.3. The third kappa shape index (κ3) is 4.91. The van der Waals surface area contributed by atoms with Crippen LogP contribution < -0.4 is 5.43 Å². The SMILES string of the molecule is C/C(=N/NC(=O)c1cc(-c2ccc(CC(C)C)cc2)n[nH]1)c1ccccc1. The second-order valence-electron chi connectivity index (χ2n) is 6.97. The van der Waals surface area contributed by atoms with Crippen molar-refractivity contribution in [1.29, 1.82) is 0 Å². The molecule has 138 valence electrons. The Hall–Kier alpha value is -3.21. The third-order valence-corrected chi connectivity index (χ3v) is 4.23. The molecule has 0 fully saturated rings. The van der Waals surface area contributed by atoms with Crippen molar-refractivity contribution in [2.45, 2.75) is 27.2 Å². The van der Waals surface area contributed by atoms with Crippen molar-refractivity contribution < 1.29 is 4.79 Å². The van der Waals surface area contributed by atoms with Crippen LogP contribution in [0.15, 0.2) is 65.8 Å². The minimum Gasteiger partial charge on any atom is -0.272 e. The van der Waals surface area contributed by atoms with Crippen molar-refractivity contribution >= 4 is 11.6 Å². The number of carbonyl (C=O) groups excluding carboxylic acids is 1. The highest BCUT2D eigenvalue weighted by atomic mass is 16.2. The number of hydrogen-bond donors (Lipinski definition) is 2. The van der Waals surface area contributed by atoms with E-state index in [2.05, 4.69) is 46.7 Å². The van der Waals surface area contributed by atoms with E-state index in [4.69, 9.17) is 0 Å². The number of aromatic nitrogens is 2. The van der Waals surface area contributed by atoms with Gasteiger partial charge in [0.15, 0.2) is 0 Å². The number of amides is 1. The Bertz CT molecular complexity index is 924. The smallest absolute Gasteiger partial charge is 0.272 e. The number of hydrazone groups is 1. The van der Waals surface area contributed by atoms with Crippen LogP contribution in [0.4, 0.5) is 0 Å². The van der Waals surface area contributed by atoms with Crippen molar-refractivity contribution in [3.8, 4) is 11.3 Å². The van der Waals surface area contributed by atoms with Crippen molar-refractivity contribution in [3.05, 3.63) is 77.5 Å². The number of carbonyl (C=O) groups is 1. The summed E-state index contributed by atoms with van der Waals surface area (Å²) in [6.45, 7) is 6.26. The molecule has 3 aromatic rings. The minimum atomic E-state index is -0.319. The molecule has 1 amide bonds. The normalized spacial score (nSPS) is 11.6. The standard InChI is InChI=1S/C22H24N4O/c1-15(2)13-17-9-11-19(12-10-17)20-14-21(25-24-20)22(27)26-23-16(3)18-7-5-4-6-8-18/h4-12,14-15H,13H2,1-3H3,(H,24,25)(H,26,27)/b23-16-. The lowest BCUT2D eigenvalue weighted by atomic mass is 10.0. The number of aromatic amines is 1. The molecule has 0 aliphatic carbocycles. The quantitative estimate of drug-likeness (QED) is 0.504. The summed E-state index contributed by atoms with van der Waals surface area (Å²) >= 11 is 0. The zero-order chi connectivity index (χ0) is 19.2. The van der Waals surface area contributed by atoms with Crippen molar-refractivity contribution in [3.63, 3.8) is 0 Å². The molecule has 27 heavy (non-hydrogen) atoms. The van der Waals surface area contributed by atoms with Gasteiger partial charge >= 0.3 is 0 Å². The van der Waals surface area contributed by atoms with Gasteiger partial charge in [-0.1, -0.05) is 68.4 Å². The molecule has 0 aliphatic heterocycles. The summed E-state index contributed by atoms with van der Waals surface area (Å²) in [5, 5.41) is 11.2. The van der Waals surface area contributed by atoms with Gasteiger partial charge in [0.1, 0.15) is 5.69 Å². The Kier molecular flexibility index (Phi) is 5.81. The zero-order valence-corrected chi connectivity index (χ0v) is 15.9. The van der Waals surface area contributed by atoms with Crippen LogP contribution in [0.2, 0.25) is 0 Å². The third-order valence-electron chi connectivity index (χ3n) is 4.23. The molecule has 5 heteroatoms. The van der Waals surface area contributed by atoms with Crippen LogP contribution in [0.1, 0.15) is 42.4 Å². The van der Waals surface area contributed by atoms with Gasteiger partial charge < -0.3 is 0 Å². The number of nitrogens with one attached hydrogen (secondary N) is 2. The summed E-state index contributed by atoms with van der Waals surface area (Å²) in [7, 11) is 0. The maximum Gasteiger partial charge on any atom is 0.289 e. The molecule has 0 unspecified atom stereocenters.